The molecule has 100 valence electrons. The van der Waals surface area contributed by atoms with Gasteiger partial charge in [-0.2, -0.15) is 0 Å². The fourth-order valence-electron chi connectivity index (χ4n) is 2.29. The Morgan fingerprint density at radius 2 is 1.74 bits per heavy atom. The first-order valence-corrected chi connectivity index (χ1v) is 6.71. The van der Waals surface area contributed by atoms with Crippen LogP contribution in [-0.2, 0) is 0 Å². The topological polar surface area (TPSA) is 46.2 Å². The zero-order valence-electron chi connectivity index (χ0n) is 11.5. The van der Waals surface area contributed by atoms with E-state index in [0.29, 0.717) is 5.92 Å². The lowest BCUT2D eigenvalue weighted by atomic mass is 9.90. The van der Waals surface area contributed by atoms with Gasteiger partial charge in [0.25, 0.3) is 0 Å². The van der Waals surface area contributed by atoms with Gasteiger partial charge in [-0.1, -0.05) is 56.3 Å². The average molecular weight is 255 g/mol. The molecule has 19 heavy (non-hydrogen) atoms. The number of nitrogens with two attached hydrogens (primary N) is 1. The van der Waals surface area contributed by atoms with Crippen LogP contribution in [0.4, 0.5) is 0 Å². The molecule has 0 radical (unpaired) electrons. The van der Waals surface area contributed by atoms with Gasteiger partial charge in [0.1, 0.15) is 0 Å². The Morgan fingerprint density at radius 3 is 2.32 bits per heavy atom. The summed E-state index contributed by atoms with van der Waals surface area (Å²) in [7, 11) is 0. The highest BCUT2D eigenvalue weighted by Crippen LogP contribution is 2.31. The van der Waals surface area contributed by atoms with Gasteiger partial charge < -0.3 is 10.8 Å². The molecule has 0 saturated carbocycles. The first-order valence-electron chi connectivity index (χ1n) is 6.71. The van der Waals surface area contributed by atoms with E-state index in [1.54, 1.807) is 0 Å². The molecule has 2 rings (SSSR count). The maximum atomic E-state index is 9.91. The van der Waals surface area contributed by atoms with E-state index >= 15 is 0 Å². The van der Waals surface area contributed by atoms with Crippen molar-refractivity contribution in [2.75, 3.05) is 6.54 Å². The molecule has 2 nitrogen and oxygen atoms in total. The van der Waals surface area contributed by atoms with E-state index in [2.05, 4.69) is 38.1 Å². The van der Waals surface area contributed by atoms with Crippen LogP contribution in [0.2, 0.25) is 0 Å². The Balaban J connectivity index is 2.54. The molecule has 1 unspecified atom stereocenters. The summed E-state index contributed by atoms with van der Waals surface area (Å²) in [6, 6.07) is 16.4. The lowest BCUT2D eigenvalue weighted by Gasteiger charge is -2.17. The molecule has 3 N–H and O–H groups in total. The van der Waals surface area contributed by atoms with Crippen LogP contribution in [0.3, 0.4) is 0 Å². The minimum Gasteiger partial charge on any atom is -0.387 e. The van der Waals surface area contributed by atoms with Gasteiger partial charge in [0.05, 0.1) is 6.10 Å². The molecule has 0 amide bonds. The summed E-state index contributed by atoms with van der Waals surface area (Å²) in [5.41, 5.74) is 10.1. The first kappa shape index (κ1) is 13.8. The smallest absolute Gasteiger partial charge is 0.0912 e. The zero-order chi connectivity index (χ0) is 13.8. The van der Waals surface area contributed by atoms with Crippen LogP contribution in [-0.4, -0.2) is 11.7 Å². The highest BCUT2D eigenvalue weighted by Gasteiger charge is 2.12. The molecule has 0 aromatic heterocycles. The van der Waals surface area contributed by atoms with Crippen LogP contribution in [0.25, 0.3) is 11.1 Å². The Labute approximate surface area is 114 Å². The summed E-state index contributed by atoms with van der Waals surface area (Å²) in [5.74, 6) is 0.444. The standard InChI is InChI=1S/C17H21NO/c1-12(2)15-9-8-14(17(19)11-18)10-16(15)13-6-4-3-5-7-13/h3-10,12,17,19H,11,18H2,1-2H3. The molecular weight excluding hydrogens is 234 g/mol. The number of benzene rings is 2. The highest BCUT2D eigenvalue weighted by atomic mass is 16.3. The molecular formula is C17H21NO. The van der Waals surface area contributed by atoms with Crippen LogP contribution in [0.5, 0.6) is 0 Å². The summed E-state index contributed by atoms with van der Waals surface area (Å²) in [4.78, 5) is 0. The molecule has 0 aliphatic heterocycles. The molecule has 0 fully saturated rings. The van der Waals surface area contributed by atoms with Crippen molar-refractivity contribution in [2.45, 2.75) is 25.9 Å². The van der Waals surface area contributed by atoms with Crippen LogP contribution >= 0.6 is 0 Å². The summed E-state index contributed by atoms with van der Waals surface area (Å²) in [6.45, 7) is 4.61. The zero-order valence-corrected chi connectivity index (χ0v) is 11.5. The SMILES string of the molecule is CC(C)c1ccc(C(O)CN)cc1-c1ccccc1. The Hall–Kier alpha value is -1.64. The summed E-state index contributed by atoms with van der Waals surface area (Å²) in [5, 5.41) is 9.91. The minimum atomic E-state index is -0.594. The van der Waals surface area contributed by atoms with E-state index in [9.17, 15) is 5.11 Å². The second-order valence-electron chi connectivity index (χ2n) is 5.12. The van der Waals surface area contributed by atoms with E-state index in [-0.39, 0.29) is 6.54 Å². The van der Waals surface area contributed by atoms with Gasteiger partial charge in [-0.15, -0.1) is 0 Å². The largest absolute Gasteiger partial charge is 0.387 e. The molecule has 0 aliphatic rings. The van der Waals surface area contributed by atoms with E-state index in [4.69, 9.17) is 5.73 Å². The fourth-order valence-corrected chi connectivity index (χ4v) is 2.29. The van der Waals surface area contributed by atoms with Crippen LogP contribution in [0.15, 0.2) is 48.5 Å². The Morgan fingerprint density at radius 1 is 1.05 bits per heavy atom. The van der Waals surface area contributed by atoms with Crippen molar-refractivity contribution >= 4 is 0 Å². The Kier molecular flexibility index (Phi) is 4.35. The van der Waals surface area contributed by atoms with Crippen molar-refractivity contribution in [3.63, 3.8) is 0 Å². The summed E-state index contributed by atoms with van der Waals surface area (Å²) in [6.07, 6.45) is -0.594. The van der Waals surface area contributed by atoms with Gasteiger partial charge in [-0.25, -0.2) is 0 Å². The third-order valence-electron chi connectivity index (χ3n) is 3.39. The maximum absolute atomic E-state index is 9.91. The summed E-state index contributed by atoms with van der Waals surface area (Å²) < 4.78 is 0. The van der Waals surface area contributed by atoms with Crippen molar-refractivity contribution in [3.8, 4) is 11.1 Å². The summed E-state index contributed by atoms with van der Waals surface area (Å²) >= 11 is 0. The second-order valence-corrected chi connectivity index (χ2v) is 5.12. The number of hydrogen-bond acceptors (Lipinski definition) is 2. The third kappa shape index (κ3) is 3.03. The molecule has 1 atom stereocenters. The normalized spacial score (nSPS) is 12.7. The van der Waals surface area contributed by atoms with Gasteiger partial charge in [0.15, 0.2) is 0 Å². The first-order chi connectivity index (χ1) is 9.13. The van der Waals surface area contributed by atoms with Crippen molar-refractivity contribution in [3.05, 3.63) is 59.7 Å². The predicted octanol–water partition coefficient (Wildman–Crippen LogP) is 3.47. The van der Waals surface area contributed by atoms with Crippen LogP contribution < -0.4 is 5.73 Å². The number of hydrogen-bond donors (Lipinski definition) is 2. The second kappa shape index (κ2) is 6.00. The molecule has 0 spiro atoms. The molecule has 0 saturated heterocycles. The molecule has 2 aromatic rings. The van der Waals surface area contributed by atoms with Crippen LogP contribution in [0.1, 0.15) is 37.0 Å². The van der Waals surface area contributed by atoms with Gasteiger partial charge in [-0.05, 0) is 34.2 Å². The molecule has 2 aromatic carbocycles. The predicted molar refractivity (Wildman–Crippen MR) is 80.0 cm³/mol. The quantitative estimate of drug-likeness (QED) is 0.878. The Bertz CT molecular complexity index is 534. The van der Waals surface area contributed by atoms with Crippen molar-refractivity contribution in [1.82, 2.24) is 0 Å². The lowest BCUT2D eigenvalue weighted by Crippen LogP contribution is -2.11. The number of aliphatic hydroxyl groups excluding tert-OH is 1. The van der Waals surface area contributed by atoms with E-state index < -0.39 is 6.10 Å². The molecule has 0 heterocycles. The van der Waals surface area contributed by atoms with Crippen molar-refractivity contribution in [1.29, 1.82) is 0 Å². The molecule has 0 aliphatic carbocycles. The molecule has 0 bridgehead atoms. The van der Waals surface area contributed by atoms with Crippen LogP contribution in [0, 0.1) is 0 Å². The fraction of sp³-hybridized carbons (Fsp3) is 0.294. The van der Waals surface area contributed by atoms with Gasteiger partial charge >= 0.3 is 0 Å². The number of aliphatic hydroxyl groups is 1. The van der Waals surface area contributed by atoms with Gasteiger partial charge in [-0.3, -0.25) is 0 Å². The third-order valence-corrected chi connectivity index (χ3v) is 3.39. The average Bonchev–Trinajstić information content (AvgIpc) is 2.46. The molecule has 2 heteroatoms. The van der Waals surface area contributed by atoms with Gasteiger partial charge in [0.2, 0.25) is 0 Å². The lowest BCUT2D eigenvalue weighted by molar-refractivity contribution is 0.187. The van der Waals surface area contributed by atoms with Crippen molar-refractivity contribution < 1.29 is 5.11 Å². The van der Waals surface area contributed by atoms with E-state index in [0.717, 1.165) is 5.56 Å². The van der Waals surface area contributed by atoms with Crippen molar-refractivity contribution in [2.24, 2.45) is 5.73 Å². The number of rotatable bonds is 4. The van der Waals surface area contributed by atoms with E-state index in [1.165, 1.54) is 16.7 Å². The minimum absolute atomic E-state index is 0.245. The van der Waals surface area contributed by atoms with E-state index in [1.807, 2.05) is 24.3 Å². The monoisotopic (exact) mass is 255 g/mol. The highest BCUT2D eigenvalue weighted by molar-refractivity contribution is 5.69. The maximum Gasteiger partial charge on any atom is 0.0912 e. The van der Waals surface area contributed by atoms with Gasteiger partial charge in [0, 0.05) is 6.54 Å².